The number of aromatic nitrogens is 5. The molecule has 1 amide bonds. The van der Waals surface area contributed by atoms with Gasteiger partial charge in [-0.1, -0.05) is 40.8 Å². The molecule has 2 aromatic heterocycles. The highest BCUT2D eigenvalue weighted by Gasteiger charge is 2.14. The largest absolute Gasteiger partial charge is 0.494 e. The molecule has 8 nitrogen and oxygen atoms in total. The van der Waals surface area contributed by atoms with Gasteiger partial charge in [0.15, 0.2) is 5.13 Å². The maximum Gasteiger partial charge on any atom is 0.236 e. The van der Waals surface area contributed by atoms with Crippen LogP contribution >= 0.6 is 23.1 Å². The van der Waals surface area contributed by atoms with Gasteiger partial charge in [0.05, 0.1) is 28.3 Å². The molecule has 0 radical (unpaired) electrons. The number of carbonyl (C=O) groups is 1. The molecule has 10 heteroatoms. The fourth-order valence-corrected chi connectivity index (χ4v) is 4.56. The first-order chi connectivity index (χ1) is 14.5. The number of tetrazole rings is 1. The molecule has 0 atom stereocenters. The number of carbonyl (C=O) groups excluding carboxylic acids is 1. The fourth-order valence-electron chi connectivity index (χ4n) is 2.96. The van der Waals surface area contributed by atoms with Crippen LogP contribution in [0.5, 0.6) is 5.75 Å². The van der Waals surface area contributed by atoms with Crippen molar-refractivity contribution in [1.29, 1.82) is 0 Å². The van der Waals surface area contributed by atoms with Crippen LogP contribution in [0.1, 0.15) is 18.1 Å². The zero-order chi connectivity index (χ0) is 21.1. The standard InChI is InChI=1S/C20H20N6O2S2/c1-4-28-14-6-7-15-17(10-14)30-19(21-15)22-18(27)11-29-20-23-24-25-26(20)16-8-5-12(2)9-13(16)3/h5-10H,4,11H2,1-3H3,(H,21,22,27). The van der Waals surface area contributed by atoms with Crippen LogP contribution in [0.3, 0.4) is 0 Å². The number of hydrogen-bond acceptors (Lipinski definition) is 8. The first-order valence-corrected chi connectivity index (χ1v) is 11.2. The van der Waals surface area contributed by atoms with E-state index in [2.05, 4.69) is 31.9 Å². The number of nitrogens with zero attached hydrogens (tertiary/aromatic N) is 5. The summed E-state index contributed by atoms with van der Waals surface area (Å²) in [6.07, 6.45) is 0. The minimum Gasteiger partial charge on any atom is -0.494 e. The topological polar surface area (TPSA) is 94.8 Å². The summed E-state index contributed by atoms with van der Waals surface area (Å²) in [5.74, 6) is 0.797. The second-order valence-electron chi connectivity index (χ2n) is 6.58. The van der Waals surface area contributed by atoms with Crippen LogP contribution < -0.4 is 10.1 Å². The van der Waals surface area contributed by atoms with Gasteiger partial charge in [0.2, 0.25) is 11.1 Å². The average molecular weight is 441 g/mol. The summed E-state index contributed by atoms with van der Waals surface area (Å²) in [5, 5.41) is 15.9. The molecular weight excluding hydrogens is 420 g/mol. The predicted octanol–water partition coefficient (Wildman–Crippen LogP) is 4.02. The second-order valence-corrected chi connectivity index (χ2v) is 8.55. The molecule has 1 N–H and O–H groups in total. The van der Waals surface area contributed by atoms with E-state index in [1.165, 1.54) is 28.7 Å². The Bertz CT molecular complexity index is 1200. The Morgan fingerprint density at radius 1 is 1.23 bits per heavy atom. The number of aryl methyl sites for hydroxylation is 2. The average Bonchev–Trinajstić information content (AvgIpc) is 3.32. The molecule has 0 aliphatic heterocycles. The van der Waals surface area contributed by atoms with Crippen molar-refractivity contribution in [2.45, 2.75) is 25.9 Å². The Morgan fingerprint density at radius 2 is 2.10 bits per heavy atom. The third-order valence-electron chi connectivity index (χ3n) is 4.27. The van der Waals surface area contributed by atoms with Crippen molar-refractivity contribution in [3.8, 4) is 11.4 Å². The molecule has 4 rings (SSSR count). The maximum atomic E-state index is 12.4. The molecule has 0 saturated carbocycles. The van der Waals surface area contributed by atoms with Crippen LogP contribution in [-0.4, -0.2) is 43.5 Å². The van der Waals surface area contributed by atoms with E-state index in [0.29, 0.717) is 16.9 Å². The molecule has 0 aliphatic carbocycles. The van der Waals surface area contributed by atoms with Crippen molar-refractivity contribution >= 4 is 44.4 Å². The molecule has 0 bridgehead atoms. The Kier molecular flexibility index (Phi) is 5.96. The zero-order valence-electron chi connectivity index (χ0n) is 16.7. The highest BCUT2D eigenvalue weighted by molar-refractivity contribution is 7.99. The highest BCUT2D eigenvalue weighted by atomic mass is 32.2. The number of hydrogen-bond donors (Lipinski definition) is 1. The SMILES string of the molecule is CCOc1ccc2nc(NC(=O)CSc3nnnn3-c3ccc(C)cc3C)sc2c1. The van der Waals surface area contributed by atoms with Gasteiger partial charge in [0.1, 0.15) is 5.75 Å². The van der Waals surface area contributed by atoms with Gasteiger partial charge in [-0.05, 0) is 61.0 Å². The van der Waals surface area contributed by atoms with Gasteiger partial charge in [0, 0.05) is 0 Å². The predicted molar refractivity (Wildman–Crippen MR) is 119 cm³/mol. The van der Waals surface area contributed by atoms with Crippen LogP contribution in [0, 0.1) is 13.8 Å². The van der Waals surface area contributed by atoms with E-state index in [-0.39, 0.29) is 11.7 Å². The van der Waals surface area contributed by atoms with Gasteiger partial charge < -0.3 is 10.1 Å². The lowest BCUT2D eigenvalue weighted by atomic mass is 10.1. The van der Waals surface area contributed by atoms with Gasteiger partial charge in [0.25, 0.3) is 0 Å². The Morgan fingerprint density at radius 3 is 2.90 bits per heavy atom. The van der Waals surface area contributed by atoms with E-state index in [1.54, 1.807) is 4.68 Å². The highest BCUT2D eigenvalue weighted by Crippen LogP contribution is 2.29. The summed E-state index contributed by atoms with van der Waals surface area (Å²) in [7, 11) is 0. The zero-order valence-corrected chi connectivity index (χ0v) is 18.4. The molecule has 0 fully saturated rings. The van der Waals surface area contributed by atoms with Gasteiger partial charge in [-0.2, -0.15) is 4.68 Å². The number of thioether (sulfide) groups is 1. The van der Waals surface area contributed by atoms with E-state index in [4.69, 9.17) is 4.74 Å². The quantitative estimate of drug-likeness (QED) is 0.434. The first kappa shape index (κ1) is 20.3. The maximum absolute atomic E-state index is 12.4. The van der Waals surface area contributed by atoms with Crippen LogP contribution in [0.2, 0.25) is 0 Å². The molecule has 0 saturated heterocycles. The van der Waals surface area contributed by atoms with Gasteiger partial charge >= 0.3 is 0 Å². The number of nitrogens with one attached hydrogen (secondary N) is 1. The van der Waals surface area contributed by atoms with Crippen LogP contribution in [0.4, 0.5) is 5.13 Å². The van der Waals surface area contributed by atoms with Gasteiger partial charge in [-0.15, -0.1) is 5.10 Å². The Hall–Kier alpha value is -2.98. The van der Waals surface area contributed by atoms with Crippen molar-refractivity contribution in [2.75, 3.05) is 17.7 Å². The third kappa shape index (κ3) is 4.44. The van der Waals surface area contributed by atoms with Crippen LogP contribution in [0.25, 0.3) is 15.9 Å². The molecule has 0 aliphatic rings. The molecule has 4 aromatic rings. The summed E-state index contributed by atoms with van der Waals surface area (Å²) >= 11 is 2.69. The van der Waals surface area contributed by atoms with Crippen molar-refractivity contribution < 1.29 is 9.53 Å². The summed E-state index contributed by atoms with van der Waals surface area (Å²) in [4.78, 5) is 16.9. The minimum absolute atomic E-state index is 0.167. The lowest BCUT2D eigenvalue weighted by Crippen LogP contribution is -2.14. The van der Waals surface area contributed by atoms with E-state index in [9.17, 15) is 4.79 Å². The number of fused-ring (bicyclic) bond motifs is 1. The van der Waals surface area contributed by atoms with Crippen LogP contribution in [0.15, 0.2) is 41.6 Å². The smallest absolute Gasteiger partial charge is 0.236 e. The molecule has 0 spiro atoms. The summed E-state index contributed by atoms with van der Waals surface area (Å²) < 4.78 is 8.13. The fraction of sp³-hybridized carbons (Fsp3) is 0.250. The van der Waals surface area contributed by atoms with Crippen molar-refractivity contribution in [3.05, 3.63) is 47.5 Å². The van der Waals surface area contributed by atoms with Gasteiger partial charge in [-0.3, -0.25) is 4.79 Å². The molecule has 0 unspecified atom stereocenters. The first-order valence-electron chi connectivity index (χ1n) is 9.35. The summed E-state index contributed by atoms with van der Waals surface area (Å²) in [6, 6.07) is 11.7. The van der Waals surface area contributed by atoms with Crippen molar-refractivity contribution in [2.24, 2.45) is 0 Å². The summed E-state index contributed by atoms with van der Waals surface area (Å²) in [5.41, 5.74) is 3.95. The number of amides is 1. The normalized spacial score (nSPS) is 11.0. The lowest BCUT2D eigenvalue weighted by molar-refractivity contribution is -0.113. The molecule has 2 heterocycles. The number of thiazole rings is 1. The molecule has 2 aromatic carbocycles. The number of ether oxygens (including phenoxy) is 1. The summed E-state index contributed by atoms with van der Waals surface area (Å²) in [6.45, 7) is 6.59. The number of benzene rings is 2. The van der Waals surface area contributed by atoms with Crippen molar-refractivity contribution in [1.82, 2.24) is 25.2 Å². The Balaban J connectivity index is 1.42. The Labute approximate surface area is 181 Å². The van der Waals surface area contributed by atoms with E-state index in [1.807, 2.05) is 51.1 Å². The van der Waals surface area contributed by atoms with E-state index in [0.717, 1.165) is 27.2 Å². The van der Waals surface area contributed by atoms with Crippen molar-refractivity contribution in [3.63, 3.8) is 0 Å². The van der Waals surface area contributed by atoms with E-state index >= 15 is 0 Å². The molecular formula is C20H20N6O2S2. The minimum atomic E-state index is -0.167. The monoisotopic (exact) mass is 440 g/mol. The second kappa shape index (κ2) is 8.80. The number of anilines is 1. The van der Waals surface area contributed by atoms with E-state index < -0.39 is 0 Å². The molecule has 154 valence electrons. The lowest BCUT2D eigenvalue weighted by Gasteiger charge is -2.08. The number of rotatable bonds is 7. The van der Waals surface area contributed by atoms with Gasteiger partial charge in [-0.25, -0.2) is 4.98 Å². The molecule has 30 heavy (non-hydrogen) atoms. The third-order valence-corrected chi connectivity index (χ3v) is 6.12. The van der Waals surface area contributed by atoms with Crippen LogP contribution in [-0.2, 0) is 4.79 Å².